The molecule has 1 saturated heterocycles. The molecule has 0 aromatic heterocycles. The molecule has 1 N–H and O–H groups in total. The second-order valence-corrected chi connectivity index (χ2v) is 5.78. The van der Waals surface area contributed by atoms with Crippen LogP contribution in [0.4, 0.5) is 0 Å². The first kappa shape index (κ1) is 15.5. The number of likely N-dealkylation sites (tertiary alicyclic amines) is 1. The van der Waals surface area contributed by atoms with Gasteiger partial charge in [-0.05, 0) is 59.7 Å². The lowest BCUT2D eigenvalue weighted by Gasteiger charge is -2.46. The van der Waals surface area contributed by atoms with Crippen LogP contribution in [0.2, 0.25) is 0 Å². The number of hydrogen-bond acceptors (Lipinski definition) is 2. The Labute approximate surface area is 114 Å². The van der Waals surface area contributed by atoms with Crippen LogP contribution in [0.25, 0.3) is 0 Å². The smallest absolute Gasteiger partial charge is 0.0306 e. The second-order valence-electron chi connectivity index (χ2n) is 5.78. The summed E-state index contributed by atoms with van der Waals surface area (Å²) >= 11 is 0. The summed E-state index contributed by atoms with van der Waals surface area (Å²) in [7, 11) is 0. The molecule has 1 aliphatic rings. The van der Waals surface area contributed by atoms with E-state index in [-0.39, 0.29) is 5.54 Å². The lowest BCUT2D eigenvalue weighted by Crippen LogP contribution is -2.58. The van der Waals surface area contributed by atoms with Crippen LogP contribution in [-0.4, -0.2) is 36.1 Å². The van der Waals surface area contributed by atoms with Gasteiger partial charge in [0.2, 0.25) is 0 Å². The molecular weight excluding hydrogens is 220 g/mol. The molecule has 1 unspecified atom stereocenters. The van der Waals surface area contributed by atoms with E-state index < -0.39 is 0 Å². The minimum Gasteiger partial charge on any atom is -0.312 e. The van der Waals surface area contributed by atoms with Crippen molar-refractivity contribution in [1.29, 1.82) is 0 Å². The molecule has 0 radical (unpaired) electrons. The van der Waals surface area contributed by atoms with Gasteiger partial charge in [0.05, 0.1) is 0 Å². The molecular formula is C16H30N2. The van der Waals surface area contributed by atoms with E-state index in [0.717, 1.165) is 19.4 Å². The van der Waals surface area contributed by atoms with Crippen molar-refractivity contribution in [3.8, 4) is 11.8 Å². The third-order valence-corrected chi connectivity index (χ3v) is 4.21. The zero-order chi connectivity index (χ0) is 13.4. The van der Waals surface area contributed by atoms with Crippen molar-refractivity contribution in [3.05, 3.63) is 0 Å². The Balaban J connectivity index is 2.63. The van der Waals surface area contributed by atoms with E-state index in [1.165, 1.54) is 32.4 Å². The SMILES string of the molecule is CC#CCCC(NCC)C(C)(C)N1CCCCC1. The van der Waals surface area contributed by atoms with Gasteiger partial charge >= 0.3 is 0 Å². The zero-order valence-corrected chi connectivity index (χ0v) is 12.7. The van der Waals surface area contributed by atoms with Crippen molar-refractivity contribution >= 4 is 0 Å². The highest BCUT2D eigenvalue weighted by atomic mass is 15.2. The number of nitrogens with one attached hydrogen (secondary N) is 1. The van der Waals surface area contributed by atoms with Gasteiger partial charge in [-0.15, -0.1) is 11.8 Å². The number of piperidine rings is 1. The van der Waals surface area contributed by atoms with E-state index in [1.54, 1.807) is 0 Å². The highest BCUT2D eigenvalue weighted by Crippen LogP contribution is 2.26. The van der Waals surface area contributed by atoms with Crippen molar-refractivity contribution in [1.82, 2.24) is 10.2 Å². The summed E-state index contributed by atoms with van der Waals surface area (Å²) in [6.07, 6.45) is 6.28. The third kappa shape index (κ3) is 4.30. The van der Waals surface area contributed by atoms with Crippen LogP contribution in [0, 0.1) is 11.8 Å². The summed E-state index contributed by atoms with van der Waals surface area (Å²) < 4.78 is 0. The predicted octanol–water partition coefficient (Wildman–Crippen LogP) is 3.03. The van der Waals surface area contributed by atoms with Crippen molar-refractivity contribution in [3.63, 3.8) is 0 Å². The van der Waals surface area contributed by atoms with Crippen LogP contribution >= 0.6 is 0 Å². The molecule has 0 saturated carbocycles. The molecule has 18 heavy (non-hydrogen) atoms. The van der Waals surface area contributed by atoms with Crippen LogP contribution < -0.4 is 5.32 Å². The lowest BCUT2D eigenvalue weighted by atomic mass is 9.87. The Morgan fingerprint density at radius 3 is 2.44 bits per heavy atom. The molecule has 1 aliphatic heterocycles. The molecule has 2 nitrogen and oxygen atoms in total. The molecule has 2 heteroatoms. The largest absolute Gasteiger partial charge is 0.312 e. The van der Waals surface area contributed by atoms with Gasteiger partial charge < -0.3 is 5.32 Å². The summed E-state index contributed by atoms with van der Waals surface area (Å²) in [5, 5.41) is 3.67. The van der Waals surface area contributed by atoms with Crippen molar-refractivity contribution in [2.75, 3.05) is 19.6 Å². The van der Waals surface area contributed by atoms with Crippen LogP contribution in [0.5, 0.6) is 0 Å². The van der Waals surface area contributed by atoms with E-state index >= 15 is 0 Å². The maximum atomic E-state index is 3.67. The molecule has 1 heterocycles. The molecule has 1 atom stereocenters. The fourth-order valence-corrected chi connectivity index (χ4v) is 2.98. The quantitative estimate of drug-likeness (QED) is 0.729. The highest BCUT2D eigenvalue weighted by molar-refractivity contribution is 5.00. The molecule has 0 aromatic carbocycles. The van der Waals surface area contributed by atoms with E-state index in [4.69, 9.17) is 0 Å². The highest BCUT2D eigenvalue weighted by Gasteiger charge is 2.34. The molecule has 0 bridgehead atoms. The van der Waals surface area contributed by atoms with Gasteiger partial charge in [0, 0.05) is 18.0 Å². The second kappa shape index (κ2) is 7.81. The Bertz CT molecular complexity index is 279. The standard InChI is InChI=1S/C16H30N2/c1-5-7-9-12-15(17-6-2)16(3,4)18-13-10-8-11-14-18/h15,17H,6,8-14H2,1-4H3. The minimum atomic E-state index is 0.242. The van der Waals surface area contributed by atoms with Gasteiger partial charge in [0.25, 0.3) is 0 Å². The van der Waals surface area contributed by atoms with Crippen LogP contribution in [-0.2, 0) is 0 Å². The van der Waals surface area contributed by atoms with Gasteiger partial charge in [-0.1, -0.05) is 13.3 Å². The summed E-state index contributed by atoms with van der Waals surface area (Å²) in [6.45, 7) is 12.5. The van der Waals surface area contributed by atoms with E-state index in [1.807, 2.05) is 6.92 Å². The minimum absolute atomic E-state index is 0.242. The molecule has 0 aromatic rings. The number of hydrogen-bond donors (Lipinski definition) is 1. The van der Waals surface area contributed by atoms with Crippen LogP contribution in [0.3, 0.4) is 0 Å². The molecule has 1 fully saturated rings. The van der Waals surface area contributed by atoms with Crippen LogP contribution in [0.1, 0.15) is 59.8 Å². The Morgan fingerprint density at radius 2 is 1.89 bits per heavy atom. The Morgan fingerprint density at radius 1 is 1.22 bits per heavy atom. The van der Waals surface area contributed by atoms with Crippen molar-refractivity contribution in [2.24, 2.45) is 0 Å². The van der Waals surface area contributed by atoms with Gasteiger partial charge in [-0.3, -0.25) is 4.90 Å². The normalized spacial score (nSPS) is 19.1. The van der Waals surface area contributed by atoms with Crippen molar-refractivity contribution < 1.29 is 0 Å². The van der Waals surface area contributed by atoms with Crippen LogP contribution in [0.15, 0.2) is 0 Å². The number of rotatable bonds is 6. The summed E-state index contributed by atoms with van der Waals surface area (Å²) in [4.78, 5) is 2.67. The molecule has 0 aliphatic carbocycles. The third-order valence-electron chi connectivity index (χ3n) is 4.21. The first-order valence-corrected chi connectivity index (χ1v) is 7.51. The fraction of sp³-hybridized carbons (Fsp3) is 0.875. The zero-order valence-electron chi connectivity index (χ0n) is 12.7. The maximum Gasteiger partial charge on any atom is 0.0306 e. The van der Waals surface area contributed by atoms with Gasteiger partial charge in [0.1, 0.15) is 0 Å². The van der Waals surface area contributed by atoms with Gasteiger partial charge in [-0.2, -0.15) is 0 Å². The first-order chi connectivity index (χ1) is 8.62. The van der Waals surface area contributed by atoms with Gasteiger partial charge in [-0.25, -0.2) is 0 Å². The monoisotopic (exact) mass is 250 g/mol. The van der Waals surface area contributed by atoms with E-state index in [2.05, 4.69) is 42.8 Å². The Hall–Kier alpha value is -0.520. The summed E-state index contributed by atoms with van der Waals surface area (Å²) in [6, 6.07) is 0.543. The average molecular weight is 250 g/mol. The van der Waals surface area contributed by atoms with Crippen molar-refractivity contribution in [2.45, 2.75) is 71.4 Å². The van der Waals surface area contributed by atoms with Gasteiger partial charge in [0.15, 0.2) is 0 Å². The Kier molecular flexibility index (Phi) is 6.75. The van der Waals surface area contributed by atoms with E-state index in [0.29, 0.717) is 6.04 Å². The first-order valence-electron chi connectivity index (χ1n) is 7.51. The lowest BCUT2D eigenvalue weighted by molar-refractivity contribution is 0.0592. The summed E-state index contributed by atoms with van der Waals surface area (Å²) in [5.41, 5.74) is 0.242. The fourth-order valence-electron chi connectivity index (χ4n) is 2.98. The molecule has 0 amide bonds. The maximum absolute atomic E-state index is 3.67. The molecule has 104 valence electrons. The number of likely N-dealkylation sites (N-methyl/N-ethyl adjacent to an activating group) is 1. The molecule has 0 spiro atoms. The topological polar surface area (TPSA) is 15.3 Å². The number of nitrogens with zero attached hydrogens (tertiary/aromatic N) is 1. The average Bonchev–Trinajstić information content (AvgIpc) is 2.39. The predicted molar refractivity (Wildman–Crippen MR) is 79.7 cm³/mol. The summed E-state index contributed by atoms with van der Waals surface area (Å²) in [5.74, 6) is 6.21. The van der Waals surface area contributed by atoms with E-state index in [9.17, 15) is 0 Å². The molecule has 1 rings (SSSR count).